The molecular weight excluding hydrogens is 198 g/mol. The highest BCUT2D eigenvalue weighted by atomic mass is 16.3. The van der Waals surface area contributed by atoms with E-state index in [2.05, 4.69) is 19.2 Å². The van der Waals surface area contributed by atoms with E-state index < -0.39 is 5.60 Å². The van der Waals surface area contributed by atoms with Crippen LogP contribution < -0.4 is 5.32 Å². The second-order valence-electron chi connectivity index (χ2n) is 6.19. The van der Waals surface area contributed by atoms with Gasteiger partial charge in [-0.2, -0.15) is 0 Å². The summed E-state index contributed by atoms with van der Waals surface area (Å²) >= 11 is 0. The van der Waals surface area contributed by atoms with Crippen molar-refractivity contribution in [2.75, 3.05) is 6.54 Å². The Morgan fingerprint density at radius 1 is 1.12 bits per heavy atom. The third-order valence-corrected chi connectivity index (χ3v) is 4.94. The standard InChI is InChI=1S/C14H27NO/c1-11-6-7-13(12(11)2)15-10-14(16)8-4-3-5-9-14/h11-13,15-16H,3-10H2,1-2H3. The first kappa shape index (κ1) is 12.4. The van der Waals surface area contributed by atoms with E-state index in [0.29, 0.717) is 6.04 Å². The first-order chi connectivity index (χ1) is 7.61. The minimum atomic E-state index is -0.399. The lowest BCUT2D eigenvalue weighted by atomic mass is 9.84. The van der Waals surface area contributed by atoms with Gasteiger partial charge in [-0.05, 0) is 37.5 Å². The maximum absolute atomic E-state index is 10.4. The molecule has 0 aliphatic heterocycles. The fourth-order valence-corrected chi connectivity index (χ4v) is 3.36. The molecule has 3 atom stereocenters. The van der Waals surface area contributed by atoms with Gasteiger partial charge in [-0.3, -0.25) is 0 Å². The number of hydrogen-bond donors (Lipinski definition) is 2. The molecule has 2 rings (SSSR count). The zero-order chi connectivity index (χ0) is 11.6. The Morgan fingerprint density at radius 3 is 2.38 bits per heavy atom. The third kappa shape index (κ3) is 2.78. The summed E-state index contributed by atoms with van der Waals surface area (Å²) in [6, 6.07) is 0.640. The van der Waals surface area contributed by atoms with Gasteiger partial charge in [0, 0.05) is 12.6 Å². The Hall–Kier alpha value is -0.0800. The number of nitrogens with one attached hydrogen (secondary N) is 1. The summed E-state index contributed by atoms with van der Waals surface area (Å²) < 4.78 is 0. The molecule has 2 saturated carbocycles. The molecule has 2 fully saturated rings. The van der Waals surface area contributed by atoms with Gasteiger partial charge < -0.3 is 10.4 Å². The summed E-state index contributed by atoms with van der Waals surface area (Å²) in [6.07, 6.45) is 8.34. The van der Waals surface area contributed by atoms with Crippen LogP contribution in [-0.2, 0) is 0 Å². The summed E-state index contributed by atoms with van der Waals surface area (Å²) in [5.74, 6) is 1.62. The molecular formula is C14H27NO. The Kier molecular flexibility index (Phi) is 3.91. The van der Waals surface area contributed by atoms with Crippen LogP contribution in [0.15, 0.2) is 0 Å². The van der Waals surface area contributed by atoms with Crippen LogP contribution in [0.1, 0.15) is 58.8 Å². The Bertz CT molecular complexity index is 223. The maximum atomic E-state index is 10.4. The number of aliphatic hydroxyl groups is 1. The van der Waals surface area contributed by atoms with Gasteiger partial charge in [-0.1, -0.05) is 33.1 Å². The summed E-state index contributed by atoms with van der Waals surface area (Å²) in [6.45, 7) is 5.51. The van der Waals surface area contributed by atoms with Crippen molar-refractivity contribution < 1.29 is 5.11 Å². The molecule has 0 aromatic carbocycles. The van der Waals surface area contributed by atoms with Crippen molar-refractivity contribution in [1.29, 1.82) is 0 Å². The average molecular weight is 225 g/mol. The molecule has 0 aromatic rings. The molecule has 0 radical (unpaired) electrons. The molecule has 2 aliphatic rings. The predicted molar refractivity (Wildman–Crippen MR) is 67.4 cm³/mol. The SMILES string of the molecule is CC1CCC(NCC2(O)CCCCC2)C1C. The Morgan fingerprint density at radius 2 is 1.81 bits per heavy atom. The second-order valence-corrected chi connectivity index (χ2v) is 6.19. The summed E-state index contributed by atoms with van der Waals surface area (Å²) in [7, 11) is 0. The Labute approximate surface area is 99.8 Å². The van der Waals surface area contributed by atoms with Crippen LogP contribution in [0.25, 0.3) is 0 Å². The molecule has 2 aliphatic carbocycles. The van der Waals surface area contributed by atoms with E-state index in [4.69, 9.17) is 0 Å². The van der Waals surface area contributed by atoms with Gasteiger partial charge in [-0.15, -0.1) is 0 Å². The zero-order valence-corrected chi connectivity index (χ0v) is 10.8. The van der Waals surface area contributed by atoms with E-state index in [1.165, 1.54) is 32.1 Å². The van der Waals surface area contributed by atoms with E-state index in [1.54, 1.807) is 0 Å². The van der Waals surface area contributed by atoms with Crippen LogP contribution in [-0.4, -0.2) is 23.3 Å². The average Bonchev–Trinajstić information content (AvgIpc) is 2.58. The van der Waals surface area contributed by atoms with Gasteiger partial charge in [0.25, 0.3) is 0 Å². The van der Waals surface area contributed by atoms with Gasteiger partial charge in [0.1, 0.15) is 0 Å². The molecule has 0 saturated heterocycles. The van der Waals surface area contributed by atoms with Crippen LogP contribution in [0.2, 0.25) is 0 Å². The predicted octanol–water partition coefficient (Wildman–Crippen LogP) is 2.71. The normalized spacial score (nSPS) is 38.8. The topological polar surface area (TPSA) is 32.3 Å². The molecule has 0 heterocycles. The summed E-state index contributed by atoms with van der Waals surface area (Å²) in [5.41, 5.74) is -0.399. The zero-order valence-electron chi connectivity index (χ0n) is 10.8. The molecule has 16 heavy (non-hydrogen) atoms. The highest BCUT2D eigenvalue weighted by molar-refractivity contribution is 4.90. The van der Waals surface area contributed by atoms with Crippen LogP contribution in [0, 0.1) is 11.8 Å². The largest absolute Gasteiger partial charge is 0.389 e. The van der Waals surface area contributed by atoms with E-state index in [0.717, 1.165) is 31.2 Å². The van der Waals surface area contributed by atoms with E-state index in [1.807, 2.05) is 0 Å². The summed E-state index contributed by atoms with van der Waals surface area (Å²) in [5, 5.41) is 14.0. The van der Waals surface area contributed by atoms with Crippen molar-refractivity contribution in [3.05, 3.63) is 0 Å². The first-order valence-electron chi connectivity index (χ1n) is 7.06. The fraction of sp³-hybridized carbons (Fsp3) is 1.00. The second kappa shape index (κ2) is 5.05. The smallest absolute Gasteiger partial charge is 0.0771 e. The van der Waals surface area contributed by atoms with Gasteiger partial charge in [0.05, 0.1) is 5.60 Å². The number of hydrogen-bond acceptors (Lipinski definition) is 2. The minimum Gasteiger partial charge on any atom is -0.389 e. The Balaban J connectivity index is 1.78. The van der Waals surface area contributed by atoms with Gasteiger partial charge in [-0.25, -0.2) is 0 Å². The van der Waals surface area contributed by atoms with E-state index in [9.17, 15) is 5.11 Å². The van der Waals surface area contributed by atoms with Crippen molar-refractivity contribution in [2.24, 2.45) is 11.8 Å². The third-order valence-electron chi connectivity index (χ3n) is 4.94. The monoisotopic (exact) mass is 225 g/mol. The highest BCUT2D eigenvalue weighted by Crippen LogP contribution is 2.32. The van der Waals surface area contributed by atoms with E-state index >= 15 is 0 Å². The maximum Gasteiger partial charge on any atom is 0.0771 e. The summed E-state index contributed by atoms with van der Waals surface area (Å²) in [4.78, 5) is 0. The molecule has 0 spiro atoms. The number of rotatable bonds is 3. The molecule has 94 valence electrons. The minimum absolute atomic E-state index is 0.399. The van der Waals surface area contributed by atoms with Crippen molar-refractivity contribution >= 4 is 0 Å². The van der Waals surface area contributed by atoms with Crippen molar-refractivity contribution in [1.82, 2.24) is 5.32 Å². The van der Waals surface area contributed by atoms with Crippen molar-refractivity contribution in [3.63, 3.8) is 0 Å². The van der Waals surface area contributed by atoms with Gasteiger partial charge in [0.15, 0.2) is 0 Å². The molecule has 0 amide bonds. The van der Waals surface area contributed by atoms with E-state index in [-0.39, 0.29) is 0 Å². The molecule has 0 aromatic heterocycles. The van der Waals surface area contributed by atoms with Crippen molar-refractivity contribution in [3.8, 4) is 0 Å². The van der Waals surface area contributed by atoms with Crippen LogP contribution in [0.3, 0.4) is 0 Å². The lowest BCUT2D eigenvalue weighted by molar-refractivity contribution is 0.00164. The van der Waals surface area contributed by atoms with Gasteiger partial charge in [0.2, 0.25) is 0 Å². The quantitative estimate of drug-likeness (QED) is 0.774. The highest BCUT2D eigenvalue weighted by Gasteiger charge is 2.33. The first-order valence-corrected chi connectivity index (χ1v) is 7.06. The molecule has 0 bridgehead atoms. The lowest BCUT2D eigenvalue weighted by Crippen LogP contribution is -2.46. The van der Waals surface area contributed by atoms with Crippen LogP contribution in [0.4, 0.5) is 0 Å². The van der Waals surface area contributed by atoms with Crippen LogP contribution >= 0.6 is 0 Å². The lowest BCUT2D eigenvalue weighted by Gasteiger charge is -2.34. The van der Waals surface area contributed by atoms with Crippen molar-refractivity contribution in [2.45, 2.75) is 70.4 Å². The van der Waals surface area contributed by atoms with Crippen LogP contribution in [0.5, 0.6) is 0 Å². The molecule has 2 N–H and O–H groups in total. The molecule has 2 nitrogen and oxygen atoms in total. The fourth-order valence-electron chi connectivity index (χ4n) is 3.36. The molecule has 3 unspecified atom stereocenters. The van der Waals surface area contributed by atoms with Gasteiger partial charge >= 0.3 is 0 Å². The molecule has 2 heteroatoms.